The van der Waals surface area contributed by atoms with Crippen LogP contribution in [-0.4, -0.2) is 10.8 Å². The molecule has 0 aliphatic heterocycles. The van der Waals surface area contributed by atoms with Crippen LogP contribution in [0.25, 0.3) is 0 Å². The van der Waals surface area contributed by atoms with E-state index in [1.54, 1.807) is 6.92 Å². The Bertz CT molecular complexity index is 369. The van der Waals surface area contributed by atoms with Gasteiger partial charge < -0.3 is 0 Å². The highest BCUT2D eigenvalue weighted by atomic mass is 16.1. The molecule has 0 spiro atoms. The first-order valence-corrected chi connectivity index (χ1v) is 4.69. The number of hydrogen-bond acceptors (Lipinski definition) is 2. The highest BCUT2D eigenvalue weighted by Gasteiger charge is 2.16. The van der Waals surface area contributed by atoms with Crippen molar-refractivity contribution in [2.24, 2.45) is 0 Å². The highest BCUT2D eigenvalue weighted by Crippen LogP contribution is 2.24. The van der Waals surface area contributed by atoms with Gasteiger partial charge in [0, 0.05) is 12.6 Å². The van der Waals surface area contributed by atoms with Crippen molar-refractivity contribution in [3.63, 3.8) is 0 Å². The second kappa shape index (κ2) is 2.95. The fourth-order valence-electron chi connectivity index (χ4n) is 1.97. The number of ketones is 1. The molecule has 2 nitrogen and oxygen atoms in total. The Morgan fingerprint density at radius 1 is 1.46 bits per heavy atom. The molecule has 0 bridgehead atoms. The summed E-state index contributed by atoms with van der Waals surface area (Å²) in [6.07, 6.45) is 3.45. The highest BCUT2D eigenvalue weighted by molar-refractivity contribution is 5.92. The van der Waals surface area contributed by atoms with Gasteiger partial charge in [-0.05, 0) is 43.4 Å². The monoisotopic (exact) mass is 175 g/mol. The van der Waals surface area contributed by atoms with E-state index in [-0.39, 0.29) is 5.78 Å². The minimum absolute atomic E-state index is 0.0674. The van der Waals surface area contributed by atoms with Crippen LogP contribution in [0.4, 0.5) is 0 Å². The fraction of sp³-hybridized carbons (Fsp3) is 0.455. The van der Waals surface area contributed by atoms with Crippen LogP contribution in [0.15, 0.2) is 6.07 Å². The average molecular weight is 175 g/mol. The molecule has 0 amide bonds. The van der Waals surface area contributed by atoms with Crippen molar-refractivity contribution in [2.45, 2.75) is 33.1 Å². The number of carbonyl (C=O) groups is 1. The van der Waals surface area contributed by atoms with Crippen molar-refractivity contribution in [1.29, 1.82) is 0 Å². The molecule has 0 atom stereocenters. The summed E-state index contributed by atoms with van der Waals surface area (Å²) < 4.78 is 0. The zero-order valence-electron chi connectivity index (χ0n) is 8.05. The molecule has 13 heavy (non-hydrogen) atoms. The van der Waals surface area contributed by atoms with E-state index in [9.17, 15) is 4.79 Å². The van der Waals surface area contributed by atoms with Crippen LogP contribution in [0, 0.1) is 6.92 Å². The molecule has 1 aliphatic carbocycles. The summed E-state index contributed by atoms with van der Waals surface area (Å²) in [5.74, 6) is 0.0674. The van der Waals surface area contributed by atoms with Gasteiger partial charge in [0.1, 0.15) is 5.69 Å². The van der Waals surface area contributed by atoms with Crippen molar-refractivity contribution in [3.05, 3.63) is 28.6 Å². The fourth-order valence-corrected chi connectivity index (χ4v) is 1.97. The van der Waals surface area contributed by atoms with Crippen molar-refractivity contribution in [3.8, 4) is 0 Å². The zero-order valence-corrected chi connectivity index (χ0v) is 8.05. The molecule has 0 saturated carbocycles. The normalized spacial score (nSPS) is 14.3. The number of Topliss-reactive ketones (excluding diaryl/α,β-unsaturated/α-hetero) is 1. The zero-order chi connectivity index (χ0) is 9.42. The van der Waals surface area contributed by atoms with Gasteiger partial charge in [0.15, 0.2) is 5.78 Å². The van der Waals surface area contributed by atoms with Gasteiger partial charge in [0.05, 0.1) is 0 Å². The predicted octanol–water partition coefficient (Wildman–Crippen LogP) is 2.08. The quantitative estimate of drug-likeness (QED) is 0.612. The molecule has 0 unspecified atom stereocenters. The number of nitrogens with zero attached hydrogens (tertiary/aromatic N) is 1. The third-order valence-electron chi connectivity index (χ3n) is 2.66. The first-order chi connectivity index (χ1) is 6.18. The molecule has 1 aromatic rings. The topological polar surface area (TPSA) is 30.0 Å². The minimum Gasteiger partial charge on any atom is -0.293 e. The van der Waals surface area contributed by atoms with E-state index in [2.05, 4.69) is 4.98 Å². The van der Waals surface area contributed by atoms with Gasteiger partial charge in [-0.25, -0.2) is 4.98 Å². The van der Waals surface area contributed by atoms with Crippen molar-refractivity contribution < 1.29 is 4.79 Å². The van der Waals surface area contributed by atoms with Crippen molar-refractivity contribution >= 4 is 5.78 Å². The lowest BCUT2D eigenvalue weighted by molar-refractivity contribution is 0.101. The van der Waals surface area contributed by atoms with Crippen LogP contribution in [0.2, 0.25) is 0 Å². The summed E-state index contributed by atoms with van der Waals surface area (Å²) >= 11 is 0. The van der Waals surface area contributed by atoms with Gasteiger partial charge in [0.25, 0.3) is 0 Å². The summed E-state index contributed by atoms with van der Waals surface area (Å²) in [6, 6.07) is 1.96. The van der Waals surface area contributed by atoms with Crippen LogP contribution in [0.3, 0.4) is 0 Å². The SMILES string of the molecule is CC(=O)c1cc2c(c(C)n1)CCC2. The van der Waals surface area contributed by atoms with Gasteiger partial charge in [-0.1, -0.05) is 0 Å². The molecule has 2 rings (SSSR count). The molecule has 0 N–H and O–H groups in total. The third-order valence-corrected chi connectivity index (χ3v) is 2.66. The molecular weight excluding hydrogens is 162 g/mol. The summed E-state index contributed by atoms with van der Waals surface area (Å²) in [6.45, 7) is 3.57. The Hall–Kier alpha value is -1.18. The maximum absolute atomic E-state index is 11.1. The number of aromatic nitrogens is 1. The maximum atomic E-state index is 11.1. The van der Waals surface area contributed by atoms with E-state index in [4.69, 9.17) is 0 Å². The molecule has 0 saturated heterocycles. The van der Waals surface area contributed by atoms with Gasteiger partial charge in [-0.15, -0.1) is 0 Å². The van der Waals surface area contributed by atoms with E-state index in [0.29, 0.717) is 5.69 Å². The minimum atomic E-state index is 0.0674. The van der Waals surface area contributed by atoms with Crippen molar-refractivity contribution in [1.82, 2.24) is 4.98 Å². The first kappa shape index (κ1) is 8.42. The summed E-state index contributed by atoms with van der Waals surface area (Å²) in [5.41, 5.74) is 4.36. The number of rotatable bonds is 1. The van der Waals surface area contributed by atoms with Gasteiger partial charge in [-0.2, -0.15) is 0 Å². The Morgan fingerprint density at radius 3 is 2.92 bits per heavy atom. The van der Waals surface area contributed by atoms with Crippen LogP contribution in [0.5, 0.6) is 0 Å². The lowest BCUT2D eigenvalue weighted by atomic mass is 10.1. The third kappa shape index (κ3) is 1.37. The lowest BCUT2D eigenvalue weighted by Crippen LogP contribution is -2.02. The number of pyridine rings is 1. The smallest absolute Gasteiger partial charge is 0.178 e. The van der Waals surface area contributed by atoms with Crippen LogP contribution in [-0.2, 0) is 12.8 Å². The molecule has 68 valence electrons. The molecule has 0 aromatic carbocycles. The van der Waals surface area contributed by atoms with Crippen molar-refractivity contribution in [2.75, 3.05) is 0 Å². The number of hydrogen-bond donors (Lipinski definition) is 0. The van der Waals surface area contributed by atoms with Crippen LogP contribution < -0.4 is 0 Å². The van der Waals surface area contributed by atoms with Gasteiger partial charge in [-0.3, -0.25) is 4.79 Å². The predicted molar refractivity (Wildman–Crippen MR) is 51.0 cm³/mol. The average Bonchev–Trinajstić information content (AvgIpc) is 2.51. The Labute approximate surface area is 78.0 Å². The van der Waals surface area contributed by atoms with Crippen LogP contribution >= 0.6 is 0 Å². The lowest BCUT2D eigenvalue weighted by Gasteiger charge is -2.04. The van der Waals surface area contributed by atoms with E-state index < -0.39 is 0 Å². The molecule has 0 radical (unpaired) electrons. The molecule has 1 aliphatic rings. The standard InChI is InChI=1S/C11H13NO/c1-7-10-5-3-4-9(10)6-11(12-7)8(2)13/h6H,3-5H2,1-2H3. The van der Waals surface area contributed by atoms with E-state index in [1.807, 2.05) is 13.0 Å². The summed E-state index contributed by atoms with van der Waals surface area (Å²) in [4.78, 5) is 15.4. The molecular formula is C11H13NO. The summed E-state index contributed by atoms with van der Waals surface area (Å²) in [7, 11) is 0. The van der Waals surface area contributed by atoms with E-state index in [0.717, 1.165) is 18.5 Å². The first-order valence-electron chi connectivity index (χ1n) is 4.69. The Balaban J connectivity index is 2.55. The van der Waals surface area contributed by atoms with Gasteiger partial charge >= 0.3 is 0 Å². The van der Waals surface area contributed by atoms with Gasteiger partial charge in [0.2, 0.25) is 0 Å². The Morgan fingerprint density at radius 2 is 2.23 bits per heavy atom. The molecule has 1 aromatic heterocycles. The largest absolute Gasteiger partial charge is 0.293 e. The molecule has 2 heteroatoms. The van der Waals surface area contributed by atoms with Crippen LogP contribution in [0.1, 0.15) is 40.7 Å². The number of carbonyl (C=O) groups excluding carboxylic acids is 1. The molecule has 1 heterocycles. The Kier molecular flexibility index (Phi) is 1.91. The number of fused-ring (bicyclic) bond motifs is 1. The van der Waals surface area contributed by atoms with E-state index in [1.165, 1.54) is 17.5 Å². The maximum Gasteiger partial charge on any atom is 0.178 e. The van der Waals surface area contributed by atoms with E-state index >= 15 is 0 Å². The second-order valence-corrected chi connectivity index (χ2v) is 3.64. The number of aryl methyl sites for hydroxylation is 2. The summed E-state index contributed by atoms with van der Waals surface area (Å²) in [5, 5.41) is 0. The second-order valence-electron chi connectivity index (χ2n) is 3.64. The molecule has 0 fully saturated rings.